The fourth-order valence-electron chi connectivity index (χ4n) is 2.85. The van der Waals surface area contributed by atoms with Crippen LogP contribution in [0.3, 0.4) is 0 Å². The molecule has 0 saturated heterocycles. The number of fused-ring (bicyclic) bond motifs is 1. The van der Waals surface area contributed by atoms with E-state index >= 15 is 0 Å². The minimum Gasteiger partial charge on any atom is -0.497 e. The highest BCUT2D eigenvalue weighted by Gasteiger charge is 2.41. The number of anilines is 1. The fourth-order valence-corrected chi connectivity index (χ4v) is 2.85. The number of carbonyl (C=O) groups is 2. The summed E-state index contributed by atoms with van der Waals surface area (Å²) in [4.78, 5) is 25.6. The summed E-state index contributed by atoms with van der Waals surface area (Å²) < 4.78 is 16.6. The maximum absolute atomic E-state index is 12.8. The van der Waals surface area contributed by atoms with Gasteiger partial charge < -0.3 is 24.2 Å². The molecule has 0 bridgehead atoms. The molecule has 1 N–H and O–H groups in total. The van der Waals surface area contributed by atoms with Gasteiger partial charge in [0.25, 0.3) is 5.91 Å². The summed E-state index contributed by atoms with van der Waals surface area (Å²) in [5, 5.41) is 9.23. The lowest BCUT2D eigenvalue weighted by Gasteiger charge is -2.38. The highest BCUT2D eigenvalue weighted by molar-refractivity contribution is 6.03. The molecular weight excluding hydrogens is 350 g/mol. The van der Waals surface area contributed by atoms with Crippen molar-refractivity contribution in [2.45, 2.75) is 19.4 Å². The molecule has 7 heteroatoms. The van der Waals surface area contributed by atoms with Gasteiger partial charge in [-0.25, -0.2) is 4.79 Å². The molecule has 3 rings (SSSR count). The Bertz CT molecular complexity index is 859. The molecule has 1 amide bonds. The molecule has 142 valence electrons. The summed E-state index contributed by atoms with van der Waals surface area (Å²) in [6, 6.07) is 11.6. The van der Waals surface area contributed by atoms with Crippen LogP contribution in [0.25, 0.3) is 0 Å². The molecule has 7 nitrogen and oxygen atoms in total. The van der Waals surface area contributed by atoms with Gasteiger partial charge in [0.2, 0.25) is 0 Å². The number of methoxy groups -OCH3 is 1. The number of aromatic carboxylic acids is 1. The molecule has 2 aromatic rings. The topological polar surface area (TPSA) is 85.3 Å². The number of ether oxygens (including phenoxy) is 3. The Morgan fingerprint density at radius 1 is 1.15 bits per heavy atom. The molecular formula is C20H21NO6. The molecule has 0 spiro atoms. The first-order valence-electron chi connectivity index (χ1n) is 8.47. The lowest BCUT2D eigenvalue weighted by molar-refractivity contribution is -0.132. The average molecular weight is 371 g/mol. The molecule has 1 aliphatic rings. The summed E-state index contributed by atoms with van der Waals surface area (Å²) in [5.74, 6) is 0.521. The van der Waals surface area contributed by atoms with Gasteiger partial charge in [-0.15, -0.1) is 0 Å². The van der Waals surface area contributed by atoms with Crippen LogP contribution < -0.4 is 19.1 Å². The van der Waals surface area contributed by atoms with Crippen LogP contribution in [0.4, 0.5) is 5.69 Å². The van der Waals surface area contributed by atoms with Crippen molar-refractivity contribution in [3.8, 4) is 17.2 Å². The normalized spacial score (nSPS) is 14.9. The van der Waals surface area contributed by atoms with Gasteiger partial charge in [0.1, 0.15) is 23.9 Å². The van der Waals surface area contributed by atoms with Gasteiger partial charge in [0.05, 0.1) is 24.9 Å². The van der Waals surface area contributed by atoms with Crippen molar-refractivity contribution in [1.82, 2.24) is 0 Å². The predicted octanol–water partition coefficient (Wildman–Crippen LogP) is 2.98. The van der Waals surface area contributed by atoms with E-state index in [1.54, 1.807) is 51.3 Å². The Balaban J connectivity index is 1.79. The number of carbonyl (C=O) groups excluding carboxylic acids is 1. The van der Waals surface area contributed by atoms with Gasteiger partial charge in [-0.2, -0.15) is 0 Å². The van der Waals surface area contributed by atoms with Crippen LogP contribution in [0.15, 0.2) is 42.5 Å². The van der Waals surface area contributed by atoms with E-state index in [0.29, 0.717) is 17.2 Å². The van der Waals surface area contributed by atoms with Gasteiger partial charge in [-0.05, 0) is 56.3 Å². The molecule has 0 atom stereocenters. The Hall–Kier alpha value is -3.22. The number of amides is 1. The van der Waals surface area contributed by atoms with E-state index in [1.807, 2.05) is 0 Å². The van der Waals surface area contributed by atoms with Gasteiger partial charge >= 0.3 is 5.97 Å². The maximum atomic E-state index is 12.8. The Morgan fingerprint density at radius 3 is 2.44 bits per heavy atom. The standard InChI is InChI=1S/C20H21NO6/c1-20(2)19(24)21(10-11-26-15-7-5-14(25-3)6-8-15)16-12-13(18(22)23)4-9-17(16)27-20/h4-9,12H,10-11H2,1-3H3,(H,22,23). The van der Waals surface area contributed by atoms with Gasteiger partial charge in [-0.3, -0.25) is 4.79 Å². The first-order valence-corrected chi connectivity index (χ1v) is 8.47. The Morgan fingerprint density at radius 2 is 1.81 bits per heavy atom. The summed E-state index contributed by atoms with van der Waals surface area (Å²) in [6.07, 6.45) is 0. The van der Waals surface area contributed by atoms with Gasteiger partial charge in [0.15, 0.2) is 5.60 Å². The second kappa shape index (κ2) is 7.19. The monoisotopic (exact) mass is 371 g/mol. The van der Waals surface area contributed by atoms with Crippen molar-refractivity contribution >= 4 is 17.6 Å². The third-order valence-corrected chi connectivity index (χ3v) is 4.27. The van der Waals surface area contributed by atoms with E-state index in [9.17, 15) is 14.7 Å². The van der Waals surface area contributed by atoms with Gasteiger partial charge in [-0.1, -0.05) is 0 Å². The number of benzene rings is 2. The zero-order valence-corrected chi connectivity index (χ0v) is 15.4. The lowest BCUT2D eigenvalue weighted by Crippen LogP contribution is -2.53. The second-order valence-corrected chi connectivity index (χ2v) is 6.58. The van der Waals surface area contributed by atoms with Crippen LogP contribution in [-0.2, 0) is 4.79 Å². The quantitative estimate of drug-likeness (QED) is 0.840. The summed E-state index contributed by atoms with van der Waals surface area (Å²) in [6.45, 7) is 3.86. The smallest absolute Gasteiger partial charge is 0.335 e. The largest absolute Gasteiger partial charge is 0.497 e. The highest BCUT2D eigenvalue weighted by Crippen LogP contribution is 2.38. The highest BCUT2D eigenvalue weighted by atomic mass is 16.5. The minimum atomic E-state index is -1.07. The van der Waals surface area contributed by atoms with Crippen LogP contribution in [0.5, 0.6) is 17.2 Å². The number of carboxylic acids is 1. The Labute approximate surface area is 157 Å². The molecule has 0 saturated carbocycles. The molecule has 1 aliphatic heterocycles. The lowest BCUT2D eigenvalue weighted by atomic mass is 10.0. The fraction of sp³-hybridized carbons (Fsp3) is 0.300. The van der Waals surface area contributed by atoms with Crippen LogP contribution in [-0.4, -0.2) is 42.8 Å². The molecule has 0 radical (unpaired) electrons. The predicted molar refractivity (Wildman–Crippen MR) is 99.0 cm³/mol. The molecule has 0 unspecified atom stereocenters. The SMILES string of the molecule is COc1ccc(OCCN2C(=O)C(C)(C)Oc3ccc(C(=O)O)cc32)cc1. The zero-order chi connectivity index (χ0) is 19.6. The van der Waals surface area contributed by atoms with E-state index in [-0.39, 0.29) is 24.6 Å². The zero-order valence-electron chi connectivity index (χ0n) is 15.4. The maximum Gasteiger partial charge on any atom is 0.335 e. The van der Waals surface area contributed by atoms with Crippen LogP contribution in [0, 0.1) is 0 Å². The van der Waals surface area contributed by atoms with Crippen LogP contribution in [0.1, 0.15) is 24.2 Å². The van der Waals surface area contributed by atoms with Crippen molar-refractivity contribution in [1.29, 1.82) is 0 Å². The second-order valence-electron chi connectivity index (χ2n) is 6.58. The van der Waals surface area contributed by atoms with Crippen molar-refractivity contribution in [2.75, 3.05) is 25.2 Å². The summed E-state index contributed by atoms with van der Waals surface area (Å²) in [7, 11) is 1.59. The van der Waals surface area contributed by atoms with Crippen molar-refractivity contribution < 1.29 is 28.9 Å². The number of hydrogen-bond donors (Lipinski definition) is 1. The number of carboxylic acid groups (broad SMARTS) is 1. The molecule has 1 heterocycles. The van der Waals surface area contributed by atoms with E-state index in [1.165, 1.54) is 17.0 Å². The van der Waals surface area contributed by atoms with Crippen molar-refractivity contribution in [3.63, 3.8) is 0 Å². The van der Waals surface area contributed by atoms with Crippen LogP contribution >= 0.6 is 0 Å². The third kappa shape index (κ3) is 3.81. The summed E-state index contributed by atoms with van der Waals surface area (Å²) in [5.41, 5.74) is -0.527. The number of rotatable bonds is 6. The Kier molecular flexibility index (Phi) is 4.94. The molecule has 0 fully saturated rings. The first kappa shape index (κ1) is 18.6. The van der Waals surface area contributed by atoms with E-state index in [0.717, 1.165) is 5.75 Å². The molecule has 2 aromatic carbocycles. The van der Waals surface area contributed by atoms with Crippen molar-refractivity contribution in [2.24, 2.45) is 0 Å². The summed E-state index contributed by atoms with van der Waals surface area (Å²) >= 11 is 0. The molecule has 0 aliphatic carbocycles. The van der Waals surface area contributed by atoms with E-state index in [4.69, 9.17) is 14.2 Å². The number of nitrogens with zero attached hydrogens (tertiary/aromatic N) is 1. The number of hydrogen-bond acceptors (Lipinski definition) is 5. The molecule has 27 heavy (non-hydrogen) atoms. The molecule has 0 aromatic heterocycles. The van der Waals surface area contributed by atoms with E-state index in [2.05, 4.69) is 0 Å². The first-order chi connectivity index (χ1) is 12.8. The average Bonchev–Trinajstić information content (AvgIpc) is 2.64. The van der Waals surface area contributed by atoms with Gasteiger partial charge in [0, 0.05) is 0 Å². The van der Waals surface area contributed by atoms with Crippen LogP contribution in [0.2, 0.25) is 0 Å². The third-order valence-electron chi connectivity index (χ3n) is 4.27. The van der Waals surface area contributed by atoms with Crippen molar-refractivity contribution in [3.05, 3.63) is 48.0 Å². The minimum absolute atomic E-state index is 0.0888. The van der Waals surface area contributed by atoms with E-state index < -0.39 is 11.6 Å².